The van der Waals surface area contributed by atoms with E-state index in [1.54, 1.807) is 7.05 Å². The van der Waals surface area contributed by atoms with Crippen molar-refractivity contribution < 1.29 is 17.9 Å². The second-order valence-electron chi connectivity index (χ2n) is 5.45. The van der Waals surface area contributed by atoms with Gasteiger partial charge in [-0.3, -0.25) is 4.98 Å². The Morgan fingerprint density at radius 2 is 2.14 bits per heavy atom. The van der Waals surface area contributed by atoms with Gasteiger partial charge in [-0.25, -0.2) is 0 Å². The van der Waals surface area contributed by atoms with E-state index in [0.717, 1.165) is 18.9 Å². The number of hydrogen-bond donors (Lipinski definition) is 1. The molecule has 1 saturated carbocycles. The summed E-state index contributed by atoms with van der Waals surface area (Å²) >= 11 is 0. The van der Waals surface area contributed by atoms with Crippen molar-refractivity contribution in [3.63, 3.8) is 0 Å². The van der Waals surface area contributed by atoms with E-state index in [1.165, 1.54) is 12.4 Å². The highest BCUT2D eigenvalue weighted by Gasteiger charge is 2.37. The normalized spacial score (nSPS) is 23.7. The van der Waals surface area contributed by atoms with Gasteiger partial charge in [0, 0.05) is 25.0 Å². The molecular weight excluding hydrogens is 281 g/mol. The minimum atomic E-state index is -4.35. The van der Waals surface area contributed by atoms with Crippen molar-refractivity contribution in [2.45, 2.75) is 44.5 Å². The zero-order chi connectivity index (χ0) is 15.5. The van der Waals surface area contributed by atoms with Crippen LogP contribution in [0.25, 0.3) is 0 Å². The van der Waals surface area contributed by atoms with Crippen LogP contribution in [-0.2, 0) is 10.9 Å². The smallest absolute Gasteiger partial charge is 0.378 e. The number of alkyl halides is 3. The Morgan fingerprint density at radius 1 is 1.43 bits per heavy atom. The number of nitrogens with zero attached hydrogens (tertiary/aromatic N) is 1. The monoisotopic (exact) mass is 302 g/mol. The minimum Gasteiger partial charge on any atom is -0.378 e. The Morgan fingerprint density at radius 3 is 2.71 bits per heavy atom. The molecule has 0 aliphatic heterocycles. The van der Waals surface area contributed by atoms with Crippen molar-refractivity contribution in [3.05, 3.63) is 29.6 Å². The highest BCUT2D eigenvalue weighted by molar-refractivity contribution is 5.29. The molecule has 1 unspecified atom stereocenters. The van der Waals surface area contributed by atoms with Gasteiger partial charge in [0.05, 0.1) is 11.7 Å². The molecule has 1 heterocycles. The largest absolute Gasteiger partial charge is 0.416 e. The van der Waals surface area contributed by atoms with E-state index in [-0.39, 0.29) is 17.7 Å². The van der Waals surface area contributed by atoms with Crippen LogP contribution in [0.5, 0.6) is 0 Å². The molecule has 1 atom stereocenters. The van der Waals surface area contributed by atoms with Crippen LogP contribution in [0.1, 0.15) is 43.4 Å². The van der Waals surface area contributed by atoms with Crippen molar-refractivity contribution in [1.29, 1.82) is 0 Å². The quantitative estimate of drug-likeness (QED) is 0.872. The van der Waals surface area contributed by atoms with Crippen LogP contribution in [0.2, 0.25) is 0 Å². The Labute approximate surface area is 122 Å². The number of rotatable bonds is 6. The standard InChI is InChI=1S/C15H21F3N2O/c1-3-21-11-6-10(7-11)8-14(19-2)12-9-20-5-4-13(12)15(16,17)18/h4-5,9-11,14,19H,3,6-8H2,1-2H3. The fourth-order valence-electron chi connectivity index (χ4n) is 2.91. The Balaban J connectivity index is 2.05. The summed E-state index contributed by atoms with van der Waals surface area (Å²) in [4.78, 5) is 3.86. The molecule has 1 fully saturated rings. The molecule has 6 heteroatoms. The van der Waals surface area contributed by atoms with Crippen LogP contribution in [0, 0.1) is 5.92 Å². The van der Waals surface area contributed by atoms with Crippen molar-refractivity contribution in [2.24, 2.45) is 5.92 Å². The van der Waals surface area contributed by atoms with Gasteiger partial charge < -0.3 is 10.1 Å². The van der Waals surface area contributed by atoms with Gasteiger partial charge in [0.25, 0.3) is 0 Å². The van der Waals surface area contributed by atoms with Crippen molar-refractivity contribution >= 4 is 0 Å². The molecule has 2 rings (SSSR count). The number of hydrogen-bond acceptors (Lipinski definition) is 3. The Hall–Kier alpha value is -1.14. The molecule has 118 valence electrons. The number of ether oxygens (including phenoxy) is 1. The number of nitrogens with one attached hydrogen (secondary N) is 1. The highest BCUT2D eigenvalue weighted by atomic mass is 19.4. The van der Waals surface area contributed by atoms with Gasteiger partial charge in [-0.15, -0.1) is 0 Å². The molecule has 0 aromatic carbocycles. The fourth-order valence-corrected chi connectivity index (χ4v) is 2.91. The van der Waals surface area contributed by atoms with Gasteiger partial charge in [0.2, 0.25) is 0 Å². The Bertz CT molecular complexity index is 458. The van der Waals surface area contributed by atoms with E-state index < -0.39 is 11.7 Å². The second kappa shape index (κ2) is 6.75. The molecule has 1 aromatic heterocycles. The number of pyridine rings is 1. The first kappa shape index (κ1) is 16.2. The van der Waals surface area contributed by atoms with Crippen LogP contribution in [0.3, 0.4) is 0 Å². The van der Waals surface area contributed by atoms with Crippen molar-refractivity contribution in [1.82, 2.24) is 10.3 Å². The third-order valence-electron chi connectivity index (χ3n) is 4.05. The summed E-state index contributed by atoms with van der Waals surface area (Å²) in [5, 5.41) is 3.00. The maximum Gasteiger partial charge on any atom is 0.416 e. The third kappa shape index (κ3) is 3.95. The van der Waals surface area contributed by atoms with Crippen LogP contribution >= 0.6 is 0 Å². The van der Waals surface area contributed by atoms with E-state index in [2.05, 4.69) is 10.3 Å². The van der Waals surface area contributed by atoms with E-state index in [4.69, 9.17) is 4.74 Å². The summed E-state index contributed by atoms with van der Waals surface area (Å²) < 4.78 is 44.7. The minimum absolute atomic E-state index is 0.229. The molecule has 3 nitrogen and oxygen atoms in total. The van der Waals surface area contributed by atoms with Gasteiger partial charge in [-0.2, -0.15) is 13.2 Å². The summed E-state index contributed by atoms with van der Waals surface area (Å²) in [5.74, 6) is 0.403. The first-order chi connectivity index (χ1) is 9.95. The molecular formula is C15H21F3N2O. The molecule has 0 bridgehead atoms. The average Bonchev–Trinajstić information content (AvgIpc) is 2.40. The van der Waals surface area contributed by atoms with Crippen LogP contribution < -0.4 is 5.32 Å². The number of halogens is 3. The molecule has 0 amide bonds. The van der Waals surface area contributed by atoms with Gasteiger partial charge >= 0.3 is 6.18 Å². The summed E-state index contributed by atoms with van der Waals surface area (Å²) in [6, 6.07) is 0.714. The lowest BCUT2D eigenvalue weighted by atomic mass is 9.77. The molecule has 1 aromatic rings. The van der Waals surface area contributed by atoms with E-state index >= 15 is 0 Å². The van der Waals surface area contributed by atoms with Crippen LogP contribution in [0.4, 0.5) is 13.2 Å². The molecule has 1 aliphatic rings. The summed E-state index contributed by atoms with van der Waals surface area (Å²) in [7, 11) is 1.69. The molecule has 1 N–H and O–H groups in total. The second-order valence-corrected chi connectivity index (χ2v) is 5.45. The average molecular weight is 302 g/mol. The van der Waals surface area contributed by atoms with Gasteiger partial charge in [-0.1, -0.05) is 0 Å². The van der Waals surface area contributed by atoms with Crippen LogP contribution in [-0.4, -0.2) is 24.7 Å². The Kier molecular flexibility index (Phi) is 5.22. The maximum atomic E-state index is 13.1. The molecule has 21 heavy (non-hydrogen) atoms. The first-order valence-electron chi connectivity index (χ1n) is 7.25. The molecule has 0 radical (unpaired) electrons. The lowest BCUT2D eigenvalue weighted by Crippen LogP contribution is -2.34. The molecule has 0 saturated heterocycles. The van der Waals surface area contributed by atoms with Gasteiger partial charge in [0.15, 0.2) is 0 Å². The lowest BCUT2D eigenvalue weighted by molar-refractivity contribution is -0.138. The molecule has 1 aliphatic carbocycles. The maximum absolute atomic E-state index is 13.1. The summed E-state index contributed by atoms with van der Waals surface area (Å²) in [5.41, 5.74) is -0.370. The van der Waals surface area contributed by atoms with Crippen LogP contribution in [0.15, 0.2) is 18.5 Å². The first-order valence-corrected chi connectivity index (χ1v) is 7.25. The van der Waals surface area contributed by atoms with E-state index in [0.29, 0.717) is 18.9 Å². The lowest BCUT2D eigenvalue weighted by Gasteiger charge is -2.37. The van der Waals surface area contributed by atoms with E-state index in [1.807, 2.05) is 6.92 Å². The highest BCUT2D eigenvalue weighted by Crippen LogP contribution is 2.40. The molecule has 0 spiro atoms. The number of aromatic nitrogens is 1. The fraction of sp³-hybridized carbons (Fsp3) is 0.667. The predicted molar refractivity (Wildman–Crippen MR) is 73.8 cm³/mol. The SMILES string of the molecule is CCOC1CC(CC(NC)c2cnccc2C(F)(F)F)C1. The van der Waals surface area contributed by atoms with E-state index in [9.17, 15) is 13.2 Å². The third-order valence-corrected chi connectivity index (χ3v) is 4.05. The topological polar surface area (TPSA) is 34.1 Å². The van der Waals surface area contributed by atoms with Gasteiger partial charge in [0.1, 0.15) is 0 Å². The van der Waals surface area contributed by atoms with Gasteiger partial charge in [-0.05, 0) is 50.8 Å². The predicted octanol–water partition coefficient (Wildman–Crippen LogP) is 3.57. The zero-order valence-corrected chi connectivity index (χ0v) is 12.3. The van der Waals surface area contributed by atoms with Crippen molar-refractivity contribution in [2.75, 3.05) is 13.7 Å². The summed E-state index contributed by atoms with van der Waals surface area (Å²) in [6.45, 7) is 2.64. The zero-order valence-electron chi connectivity index (χ0n) is 12.3. The summed E-state index contributed by atoms with van der Waals surface area (Å²) in [6.07, 6.45) is 0.959. The van der Waals surface area contributed by atoms with Crippen molar-refractivity contribution in [3.8, 4) is 0 Å².